The van der Waals surface area contributed by atoms with E-state index < -0.39 is 10.0 Å². The molecule has 0 aliphatic rings. The number of benzene rings is 1. The van der Waals surface area contributed by atoms with E-state index in [2.05, 4.69) is 9.71 Å². The fraction of sp³-hybridized carbons (Fsp3) is 0.400. The molecule has 0 unspecified atom stereocenters. The molecule has 1 aromatic carbocycles. The molecule has 1 aromatic heterocycles. The third-order valence-corrected chi connectivity index (χ3v) is 5.84. The van der Waals surface area contributed by atoms with Gasteiger partial charge in [0.15, 0.2) is 0 Å². The summed E-state index contributed by atoms with van der Waals surface area (Å²) < 4.78 is 32.8. The van der Waals surface area contributed by atoms with E-state index in [-0.39, 0.29) is 10.8 Å². The third kappa shape index (κ3) is 3.85. The van der Waals surface area contributed by atoms with Crippen LogP contribution in [0.5, 0.6) is 5.75 Å². The van der Waals surface area contributed by atoms with Crippen molar-refractivity contribution >= 4 is 21.4 Å². The maximum Gasteiger partial charge on any atom is 0.244 e. The molecular weight excluding hydrogens is 320 g/mol. The number of rotatable bonds is 6. The quantitative estimate of drug-likeness (QED) is 0.878. The van der Waals surface area contributed by atoms with Gasteiger partial charge in [-0.3, -0.25) is 0 Å². The number of sulfonamides is 1. The first-order chi connectivity index (χ1) is 10.3. The highest BCUT2D eigenvalue weighted by Crippen LogP contribution is 2.25. The molecule has 7 heteroatoms. The summed E-state index contributed by atoms with van der Waals surface area (Å²) in [6, 6.07) is 5.09. The van der Waals surface area contributed by atoms with Gasteiger partial charge >= 0.3 is 0 Å². The Kier molecular flexibility index (Phi) is 5.20. The predicted molar refractivity (Wildman–Crippen MR) is 88.2 cm³/mol. The maximum absolute atomic E-state index is 12.5. The van der Waals surface area contributed by atoms with Gasteiger partial charge in [0, 0.05) is 23.5 Å². The molecule has 2 aromatic rings. The number of nitrogens with one attached hydrogen (secondary N) is 1. The van der Waals surface area contributed by atoms with E-state index in [1.165, 1.54) is 7.11 Å². The molecule has 0 saturated heterocycles. The highest BCUT2D eigenvalue weighted by atomic mass is 32.2. The van der Waals surface area contributed by atoms with Gasteiger partial charge in [0.1, 0.15) is 10.6 Å². The summed E-state index contributed by atoms with van der Waals surface area (Å²) in [7, 11) is -2.16. The lowest BCUT2D eigenvalue weighted by Crippen LogP contribution is -2.28. The van der Waals surface area contributed by atoms with E-state index in [1.54, 1.807) is 29.7 Å². The average molecular weight is 340 g/mol. The van der Waals surface area contributed by atoms with Crippen LogP contribution < -0.4 is 9.46 Å². The lowest BCUT2D eigenvalue weighted by molar-refractivity contribution is 0.402. The van der Waals surface area contributed by atoms with Crippen LogP contribution in [-0.4, -0.2) is 27.1 Å². The maximum atomic E-state index is 12.5. The van der Waals surface area contributed by atoms with Gasteiger partial charge in [0.25, 0.3) is 0 Å². The number of aryl methyl sites for hydroxylation is 2. The van der Waals surface area contributed by atoms with Crippen LogP contribution in [0.2, 0.25) is 0 Å². The first-order valence-corrected chi connectivity index (χ1v) is 9.20. The van der Waals surface area contributed by atoms with Crippen LogP contribution in [-0.2, 0) is 10.0 Å². The van der Waals surface area contributed by atoms with Crippen molar-refractivity contribution in [3.8, 4) is 5.75 Å². The summed E-state index contributed by atoms with van der Waals surface area (Å²) in [5.41, 5.74) is 0.866. The van der Waals surface area contributed by atoms with Crippen molar-refractivity contribution in [3.63, 3.8) is 0 Å². The van der Waals surface area contributed by atoms with Crippen LogP contribution in [0, 0.1) is 13.8 Å². The van der Waals surface area contributed by atoms with E-state index >= 15 is 0 Å². The summed E-state index contributed by atoms with van der Waals surface area (Å²) in [6.07, 6.45) is 1.80. The molecule has 1 heterocycles. The number of hydrogen-bond donors (Lipinski definition) is 1. The third-order valence-electron chi connectivity index (χ3n) is 3.25. The molecule has 1 atom stereocenters. The molecule has 22 heavy (non-hydrogen) atoms. The van der Waals surface area contributed by atoms with Crippen LogP contribution >= 0.6 is 11.3 Å². The van der Waals surface area contributed by atoms with Crippen LogP contribution in [0.25, 0.3) is 0 Å². The highest BCUT2D eigenvalue weighted by Gasteiger charge is 2.21. The van der Waals surface area contributed by atoms with Crippen molar-refractivity contribution in [1.29, 1.82) is 0 Å². The van der Waals surface area contributed by atoms with Crippen molar-refractivity contribution in [2.24, 2.45) is 0 Å². The molecule has 0 saturated carbocycles. The lowest BCUT2D eigenvalue weighted by atomic mass is 10.2. The molecule has 1 N–H and O–H groups in total. The minimum Gasteiger partial charge on any atom is -0.495 e. The number of aromatic nitrogens is 1. The largest absolute Gasteiger partial charge is 0.495 e. The topological polar surface area (TPSA) is 68.3 Å². The van der Waals surface area contributed by atoms with Crippen molar-refractivity contribution in [2.45, 2.75) is 31.6 Å². The summed E-state index contributed by atoms with van der Waals surface area (Å²) in [4.78, 5) is 5.58. The molecular formula is C15H20N2O3S2. The normalized spacial score (nSPS) is 13.1. The monoisotopic (exact) mass is 340 g/mol. The zero-order chi connectivity index (χ0) is 16.3. The second-order valence-electron chi connectivity index (χ2n) is 5.22. The molecule has 0 radical (unpaired) electrons. The molecule has 0 bridgehead atoms. The SMILES string of the molecule is COc1ccc(C)cc1S(=O)(=O)NC[C@H](C)c1ncc(C)s1. The van der Waals surface area contributed by atoms with Crippen molar-refractivity contribution < 1.29 is 13.2 Å². The smallest absolute Gasteiger partial charge is 0.244 e. The predicted octanol–water partition coefficient (Wildman–Crippen LogP) is 2.85. The van der Waals surface area contributed by atoms with Gasteiger partial charge in [-0.15, -0.1) is 11.3 Å². The molecule has 0 aliphatic heterocycles. The van der Waals surface area contributed by atoms with Crippen LogP contribution in [0.4, 0.5) is 0 Å². The lowest BCUT2D eigenvalue weighted by Gasteiger charge is -2.13. The van der Waals surface area contributed by atoms with Gasteiger partial charge in [-0.1, -0.05) is 13.0 Å². The van der Waals surface area contributed by atoms with Gasteiger partial charge in [-0.05, 0) is 31.5 Å². The zero-order valence-electron chi connectivity index (χ0n) is 13.1. The number of hydrogen-bond acceptors (Lipinski definition) is 5. The summed E-state index contributed by atoms with van der Waals surface area (Å²) in [5, 5.41) is 0.927. The molecule has 120 valence electrons. The minimum absolute atomic E-state index is 0.0179. The second-order valence-corrected chi connectivity index (χ2v) is 8.22. The van der Waals surface area contributed by atoms with E-state index in [0.29, 0.717) is 12.3 Å². The molecule has 2 rings (SSSR count). The number of ether oxygens (including phenoxy) is 1. The van der Waals surface area contributed by atoms with Gasteiger partial charge in [-0.25, -0.2) is 18.1 Å². The van der Waals surface area contributed by atoms with Crippen LogP contribution in [0.15, 0.2) is 29.3 Å². The van der Waals surface area contributed by atoms with Gasteiger partial charge in [0.05, 0.1) is 12.1 Å². The fourth-order valence-electron chi connectivity index (χ4n) is 1.99. The number of thiazole rings is 1. The summed E-state index contributed by atoms with van der Waals surface area (Å²) in [6.45, 7) is 6.08. The summed E-state index contributed by atoms with van der Waals surface area (Å²) in [5.74, 6) is 0.361. The average Bonchev–Trinajstić information content (AvgIpc) is 2.91. The fourth-order valence-corrected chi connectivity index (χ4v) is 4.20. The van der Waals surface area contributed by atoms with E-state index in [1.807, 2.05) is 26.8 Å². The molecule has 0 aliphatic carbocycles. The molecule has 0 fully saturated rings. The first-order valence-electron chi connectivity index (χ1n) is 6.90. The second kappa shape index (κ2) is 6.76. The number of nitrogens with zero attached hydrogens (tertiary/aromatic N) is 1. The van der Waals surface area contributed by atoms with E-state index in [9.17, 15) is 8.42 Å². The first kappa shape index (κ1) is 16.9. The van der Waals surface area contributed by atoms with E-state index in [4.69, 9.17) is 4.74 Å². The standard InChI is InChI=1S/C15H20N2O3S2/c1-10-5-6-13(20-4)14(7-10)22(18,19)17-8-11(2)15-16-9-12(3)21-15/h5-7,9,11,17H,8H2,1-4H3/t11-/m0/s1. The van der Waals surface area contributed by atoms with Crippen LogP contribution in [0.1, 0.15) is 28.3 Å². The van der Waals surface area contributed by atoms with Crippen molar-refractivity contribution in [3.05, 3.63) is 39.8 Å². The Morgan fingerprint density at radius 3 is 2.68 bits per heavy atom. The van der Waals surface area contributed by atoms with Gasteiger partial charge in [0.2, 0.25) is 10.0 Å². The van der Waals surface area contributed by atoms with Crippen LogP contribution in [0.3, 0.4) is 0 Å². The Morgan fingerprint density at radius 1 is 1.36 bits per heavy atom. The van der Waals surface area contributed by atoms with Crippen molar-refractivity contribution in [1.82, 2.24) is 9.71 Å². The minimum atomic E-state index is -3.62. The van der Waals surface area contributed by atoms with Crippen molar-refractivity contribution in [2.75, 3.05) is 13.7 Å². The Labute approximate surface area is 135 Å². The van der Waals surface area contributed by atoms with Gasteiger partial charge < -0.3 is 4.74 Å². The molecule has 5 nitrogen and oxygen atoms in total. The Bertz CT molecular complexity index is 754. The van der Waals surface area contributed by atoms with E-state index in [0.717, 1.165) is 15.4 Å². The van der Waals surface area contributed by atoms with Gasteiger partial charge in [-0.2, -0.15) is 0 Å². The summed E-state index contributed by atoms with van der Waals surface area (Å²) >= 11 is 1.58. The highest BCUT2D eigenvalue weighted by molar-refractivity contribution is 7.89. The Hall–Kier alpha value is -1.44. The molecule has 0 spiro atoms. The Balaban J connectivity index is 2.16. The molecule has 0 amide bonds. The zero-order valence-corrected chi connectivity index (χ0v) is 14.7. The number of methoxy groups -OCH3 is 1. The Morgan fingerprint density at radius 2 is 2.09 bits per heavy atom.